The minimum atomic E-state index is -0.354. The minimum Gasteiger partial charge on any atom is -0.490 e. The van der Waals surface area contributed by atoms with E-state index in [0.717, 1.165) is 129 Å². The van der Waals surface area contributed by atoms with Crippen LogP contribution in [0, 0.1) is 5.92 Å². The third-order valence-electron chi connectivity index (χ3n) is 13.6. The third-order valence-corrected chi connectivity index (χ3v) is 13.6. The van der Waals surface area contributed by atoms with Crippen LogP contribution in [0.25, 0.3) is 0 Å². The maximum Gasteiger partial charge on any atom is 0.126 e. The van der Waals surface area contributed by atoms with E-state index in [-0.39, 0.29) is 52.9 Å². The molecule has 6 saturated heterocycles. The van der Waals surface area contributed by atoms with Crippen LogP contribution in [0.1, 0.15) is 55.2 Å². The number of epoxide rings is 6. The summed E-state index contributed by atoms with van der Waals surface area (Å²) in [6.45, 7) is 7.33. The van der Waals surface area contributed by atoms with Crippen molar-refractivity contribution in [2.75, 3.05) is 79.3 Å². The van der Waals surface area contributed by atoms with Crippen molar-refractivity contribution in [3.8, 4) is 34.5 Å². The zero-order valence-electron chi connectivity index (χ0n) is 32.9. The van der Waals surface area contributed by atoms with E-state index in [1.165, 1.54) is 0 Å². The fourth-order valence-electron chi connectivity index (χ4n) is 11.2. The molecule has 6 unspecified atom stereocenters. The SMILES string of the molecule is c1cc(OCC2CO2)c(C23CC4CC(c5c(OCC6CO6)cccc5OCC5CO5)(C2)CC(c2c(OCC5CO5)cccc2OCC2CO2)(C4)C3)c(OCC2CO2)c1. The van der Waals surface area contributed by atoms with Crippen molar-refractivity contribution < 1.29 is 56.8 Å². The molecule has 12 nitrogen and oxygen atoms in total. The van der Waals surface area contributed by atoms with Crippen molar-refractivity contribution in [3.63, 3.8) is 0 Å². The van der Waals surface area contributed by atoms with Crippen LogP contribution in [0.4, 0.5) is 0 Å². The Bertz CT molecular complexity index is 1680. The van der Waals surface area contributed by atoms with E-state index < -0.39 is 0 Å². The van der Waals surface area contributed by atoms with Gasteiger partial charge in [0.15, 0.2) is 0 Å². The van der Waals surface area contributed by atoms with Gasteiger partial charge in [0.05, 0.1) is 39.6 Å². The topological polar surface area (TPSA) is 131 Å². The lowest BCUT2D eigenvalue weighted by molar-refractivity contribution is -0.0545. The summed E-state index contributed by atoms with van der Waals surface area (Å²) < 4.78 is 74.6. The molecule has 10 aliphatic rings. The Balaban J connectivity index is 1.04. The van der Waals surface area contributed by atoms with Crippen molar-refractivity contribution in [1.29, 1.82) is 0 Å². The van der Waals surface area contributed by atoms with Crippen LogP contribution in [0.15, 0.2) is 54.6 Å². The smallest absolute Gasteiger partial charge is 0.126 e. The van der Waals surface area contributed by atoms with Crippen LogP contribution >= 0.6 is 0 Å². The zero-order valence-corrected chi connectivity index (χ0v) is 32.9. The van der Waals surface area contributed by atoms with Gasteiger partial charge in [-0.05, 0) is 80.8 Å². The summed E-state index contributed by atoms with van der Waals surface area (Å²) in [6.07, 6.45) is 6.27. The predicted molar refractivity (Wildman–Crippen MR) is 207 cm³/mol. The molecule has 0 spiro atoms. The van der Waals surface area contributed by atoms with Gasteiger partial charge in [0.2, 0.25) is 0 Å². The molecular formula is C46H52O12. The Kier molecular flexibility index (Phi) is 8.82. The van der Waals surface area contributed by atoms with Gasteiger partial charge in [-0.25, -0.2) is 0 Å². The maximum absolute atomic E-state index is 6.78. The number of hydrogen-bond acceptors (Lipinski definition) is 12. The molecule has 10 fully saturated rings. The van der Waals surface area contributed by atoms with E-state index in [2.05, 4.69) is 54.6 Å². The number of rotatable bonds is 21. The highest BCUT2D eigenvalue weighted by atomic mass is 16.6. The first kappa shape index (κ1) is 36.1. The molecule has 6 aliphatic heterocycles. The van der Waals surface area contributed by atoms with Crippen LogP contribution in [-0.2, 0) is 44.7 Å². The maximum atomic E-state index is 6.78. The number of ether oxygens (including phenoxy) is 12. The third kappa shape index (κ3) is 7.28. The molecule has 13 rings (SSSR count). The lowest BCUT2D eigenvalue weighted by Gasteiger charge is -2.67. The van der Waals surface area contributed by atoms with E-state index in [1.807, 2.05) is 0 Å². The molecule has 3 aromatic rings. The minimum absolute atomic E-state index is 0.107. The van der Waals surface area contributed by atoms with Gasteiger partial charge in [0, 0.05) is 32.9 Å². The molecule has 6 atom stereocenters. The van der Waals surface area contributed by atoms with Gasteiger partial charge in [-0.2, -0.15) is 0 Å². The quantitative estimate of drug-likeness (QED) is 0.127. The molecule has 4 aliphatic carbocycles. The molecule has 4 bridgehead atoms. The lowest BCUT2D eigenvalue weighted by atomic mass is 9.36. The summed E-state index contributed by atoms with van der Waals surface area (Å²) in [6, 6.07) is 19.0. The average Bonchev–Trinajstić information content (AvgIpc) is 4.02. The first-order chi connectivity index (χ1) is 28.5. The summed E-state index contributed by atoms with van der Waals surface area (Å²) in [5.41, 5.74) is 2.37. The average molecular weight is 797 g/mol. The predicted octanol–water partition coefficient (Wildman–Crippen LogP) is 5.46. The lowest BCUT2D eigenvalue weighted by Crippen LogP contribution is -2.62. The van der Waals surface area contributed by atoms with Crippen LogP contribution in [0.2, 0.25) is 0 Å². The molecule has 4 saturated carbocycles. The van der Waals surface area contributed by atoms with Gasteiger partial charge in [-0.3, -0.25) is 0 Å². The first-order valence-electron chi connectivity index (χ1n) is 21.4. The molecule has 3 aromatic carbocycles. The van der Waals surface area contributed by atoms with Gasteiger partial charge < -0.3 is 56.8 Å². The van der Waals surface area contributed by atoms with Crippen molar-refractivity contribution in [2.24, 2.45) is 5.92 Å². The first-order valence-corrected chi connectivity index (χ1v) is 21.4. The molecule has 0 N–H and O–H groups in total. The van der Waals surface area contributed by atoms with Gasteiger partial charge in [-0.1, -0.05) is 18.2 Å². The van der Waals surface area contributed by atoms with Crippen molar-refractivity contribution in [3.05, 3.63) is 71.3 Å². The molecule has 0 radical (unpaired) electrons. The van der Waals surface area contributed by atoms with Gasteiger partial charge in [0.1, 0.15) is 111 Å². The van der Waals surface area contributed by atoms with E-state index in [1.54, 1.807) is 0 Å². The second-order valence-electron chi connectivity index (χ2n) is 18.3. The Morgan fingerprint density at radius 3 is 0.759 bits per heavy atom. The van der Waals surface area contributed by atoms with Gasteiger partial charge >= 0.3 is 0 Å². The summed E-state index contributed by atoms with van der Waals surface area (Å²) in [5.74, 6) is 5.56. The fourth-order valence-corrected chi connectivity index (χ4v) is 11.2. The van der Waals surface area contributed by atoms with Crippen LogP contribution in [-0.4, -0.2) is 116 Å². The Hall–Kier alpha value is -3.78. The Labute approximate surface area is 338 Å². The molecule has 58 heavy (non-hydrogen) atoms. The fraction of sp³-hybridized carbons (Fsp3) is 0.609. The van der Waals surface area contributed by atoms with Crippen molar-refractivity contribution in [2.45, 2.75) is 91.4 Å². The van der Waals surface area contributed by atoms with Gasteiger partial charge in [0.25, 0.3) is 0 Å². The van der Waals surface area contributed by atoms with Crippen LogP contribution in [0.3, 0.4) is 0 Å². The highest BCUT2D eigenvalue weighted by Gasteiger charge is 2.67. The van der Waals surface area contributed by atoms with E-state index in [0.29, 0.717) is 45.6 Å². The molecule has 6 heterocycles. The standard InChI is InChI=1S/C46H52O12/c1-4-35(53-19-29-13-47-29)41(36(5-1)54-20-30-14-48-30)44-10-28-11-45(25-44,42-37(55-21-31-15-49-31)6-2-7-38(42)56-22-32-16-50-32)27-46(12-28,26-44)43-39(57-23-33-17-51-33)8-3-9-40(43)58-24-34-18-52-34/h1-9,28-34H,10-27H2. The van der Waals surface area contributed by atoms with Gasteiger partial charge in [-0.15, -0.1) is 0 Å². The van der Waals surface area contributed by atoms with Crippen LogP contribution < -0.4 is 28.4 Å². The van der Waals surface area contributed by atoms with E-state index >= 15 is 0 Å². The van der Waals surface area contributed by atoms with Crippen molar-refractivity contribution in [1.82, 2.24) is 0 Å². The zero-order chi connectivity index (χ0) is 38.3. The second-order valence-corrected chi connectivity index (χ2v) is 18.3. The molecule has 0 aromatic heterocycles. The summed E-state index contributed by atoms with van der Waals surface area (Å²) in [7, 11) is 0. The monoisotopic (exact) mass is 796 g/mol. The molecule has 308 valence electrons. The summed E-state index contributed by atoms with van der Waals surface area (Å²) in [4.78, 5) is 0. The summed E-state index contributed by atoms with van der Waals surface area (Å²) >= 11 is 0. The van der Waals surface area contributed by atoms with E-state index in [4.69, 9.17) is 56.8 Å². The van der Waals surface area contributed by atoms with E-state index in [9.17, 15) is 0 Å². The number of benzene rings is 3. The highest BCUT2D eigenvalue weighted by molar-refractivity contribution is 5.60. The second kappa shape index (κ2) is 14.2. The number of hydrogen-bond donors (Lipinski definition) is 0. The summed E-state index contributed by atoms with van der Waals surface area (Å²) in [5, 5.41) is 0. The molecule has 0 amide bonds. The van der Waals surface area contributed by atoms with Crippen molar-refractivity contribution >= 4 is 0 Å². The Morgan fingerprint density at radius 1 is 0.362 bits per heavy atom. The molecule has 12 heteroatoms. The normalized spacial score (nSPS) is 36.5. The van der Waals surface area contributed by atoms with Crippen LogP contribution in [0.5, 0.6) is 34.5 Å². The Morgan fingerprint density at radius 2 is 0.569 bits per heavy atom. The molecular weight excluding hydrogens is 744 g/mol. The largest absolute Gasteiger partial charge is 0.490 e. The highest BCUT2D eigenvalue weighted by Crippen LogP contribution is 2.74.